The fourth-order valence-corrected chi connectivity index (χ4v) is 2.29. The van der Waals surface area contributed by atoms with E-state index in [1.807, 2.05) is 32.0 Å². The van der Waals surface area contributed by atoms with Crippen molar-refractivity contribution in [1.82, 2.24) is 4.98 Å². The van der Waals surface area contributed by atoms with Crippen LogP contribution in [0.5, 0.6) is 5.75 Å². The van der Waals surface area contributed by atoms with E-state index in [0.717, 1.165) is 22.7 Å². The molecule has 1 aromatic heterocycles. The lowest BCUT2D eigenvalue weighted by atomic mass is 10.1. The Balaban J connectivity index is 2.13. The van der Waals surface area contributed by atoms with Gasteiger partial charge in [-0.05, 0) is 43.7 Å². The third-order valence-electron chi connectivity index (χ3n) is 2.97. The fourth-order valence-electron chi connectivity index (χ4n) is 1.97. The zero-order chi connectivity index (χ0) is 15.4. The van der Waals surface area contributed by atoms with Crippen molar-refractivity contribution in [2.75, 3.05) is 0 Å². The average molecular weight is 325 g/mol. The van der Waals surface area contributed by atoms with Crippen LogP contribution < -0.4 is 10.5 Å². The molecule has 0 bridgehead atoms. The van der Waals surface area contributed by atoms with Gasteiger partial charge in [0, 0.05) is 18.2 Å². The minimum Gasteiger partial charge on any atom is -0.487 e. The average Bonchev–Trinajstić information content (AvgIpc) is 2.41. The van der Waals surface area contributed by atoms with Gasteiger partial charge in [-0.1, -0.05) is 29.3 Å². The highest BCUT2D eigenvalue weighted by Gasteiger charge is 2.09. The molecule has 2 N–H and O–H groups in total. The maximum absolute atomic E-state index is 6.00. The summed E-state index contributed by atoms with van der Waals surface area (Å²) in [5, 5.41) is 1.06. The van der Waals surface area contributed by atoms with E-state index in [1.54, 1.807) is 12.1 Å². The quantitative estimate of drug-likeness (QED) is 0.898. The van der Waals surface area contributed by atoms with Crippen LogP contribution in [-0.2, 0) is 13.0 Å². The number of nitrogens with zero attached hydrogens (tertiary/aromatic N) is 1. The number of benzene rings is 1. The molecule has 112 valence electrons. The molecule has 0 saturated heterocycles. The maximum atomic E-state index is 6.00. The number of pyridine rings is 1. The van der Waals surface area contributed by atoms with Crippen LogP contribution in [0.1, 0.15) is 23.9 Å². The zero-order valence-electron chi connectivity index (χ0n) is 12.1. The highest BCUT2D eigenvalue weighted by atomic mass is 35.5. The van der Waals surface area contributed by atoms with Crippen molar-refractivity contribution in [3.05, 3.63) is 57.3 Å². The lowest BCUT2D eigenvalue weighted by Gasteiger charge is -2.13. The van der Waals surface area contributed by atoms with Gasteiger partial charge in [0.2, 0.25) is 0 Å². The first kappa shape index (κ1) is 16.1. The van der Waals surface area contributed by atoms with E-state index < -0.39 is 0 Å². The smallest absolute Gasteiger partial charge is 0.141 e. The van der Waals surface area contributed by atoms with Crippen LogP contribution in [0, 0.1) is 6.92 Å². The summed E-state index contributed by atoms with van der Waals surface area (Å²) in [6.45, 7) is 4.31. The molecule has 1 aromatic carbocycles. The van der Waals surface area contributed by atoms with Gasteiger partial charge >= 0.3 is 0 Å². The second-order valence-corrected chi connectivity index (χ2v) is 5.93. The monoisotopic (exact) mass is 324 g/mol. The highest BCUT2D eigenvalue weighted by molar-refractivity contribution is 6.42. The van der Waals surface area contributed by atoms with Gasteiger partial charge in [0.1, 0.15) is 12.4 Å². The van der Waals surface area contributed by atoms with E-state index in [0.29, 0.717) is 23.1 Å². The van der Waals surface area contributed by atoms with Crippen LogP contribution in [0.4, 0.5) is 0 Å². The summed E-state index contributed by atoms with van der Waals surface area (Å²) in [4.78, 5) is 4.51. The van der Waals surface area contributed by atoms with Gasteiger partial charge in [0.15, 0.2) is 0 Å². The van der Waals surface area contributed by atoms with Crippen molar-refractivity contribution in [3.8, 4) is 5.75 Å². The van der Waals surface area contributed by atoms with E-state index in [-0.39, 0.29) is 6.04 Å². The van der Waals surface area contributed by atoms with E-state index in [9.17, 15) is 0 Å². The summed E-state index contributed by atoms with van der Waals surface area (Å²) < 4.78 is 5.85. The summed E-state index contributed by atoms with van der Waals surface area (Å²) in [6.07, 6.45) is 0.679. The van der Waals surface area contributed by atoms with Crippen molar-refractivity contribution < 1.29 is 4.74 Å². The molecule has 5 heteroatoms. The Morgan fingerprint density at radius 3 is 2.62 bits per heavy atom. The molecular weight excluding hydrogens is 307 g/mol. The van der Waals surface area contributed by atoms with Gasteiger partial charge in [-0.15, -0.1) is 0 Å². The number of nitrogens with two attached hydrogens (primary N) is 1. The SMILES string of the molecule is Cc1ccc(OCc2ccc(Cl)c(Cl)c2)c(CC(C)N)n1. The molecule has 21 heavy (non-hydrogen) atoms. The largest absolute Gasteiger partial charge is 0.487 e. The first-order valence-corrected chi connectivity index (χ1v) is 7.50. The molecule has 1 heterocycles. The van der Waals surface area contributed by atoms with Gasteiger partial charge < -0.3 is 10.5 Å². The number of ether oxygens (including phenoxy) is 1. The van der Waals surface area contributed by atoms with E-state index >= 15 is 0 Å². The first-order chi connectivity index (χ1) is 9.95. The molecule has 3 nitrogen and oxygen atoms in total. The predicted octanol–water partition coefficient (Wildman–Crippen LogP) is 4.17. The summed E-state index contributed by atoms with van der Waals surface area (Å²) >= 11 is 11.9. The normalized spacial score (nSPS) is 12.2. The summed E-state index contributed by atoms with van der Waals surface area (Å²) in [7, 11) is 0. The molecule has 0 fully saturated rings. The second kappa shape index (κ2) is 7.12. The number of aromatic nitrogens is 1. The van der Waals surface area contributed by atoms with Gasteiger partial charge in [-0.3, -0.25) is 4.98 Å². The van der Waals surface area contributed by atoms with E-state index in [2.05, 4.69) is 4.98 Å². The number of hydrogen-bond donors (Lipinski definition) is 1. The van der Waals surface area contributed by atoms with Crippen molar-refractivity contribution in [2.45, 2.75) is 32.9 Å². The van der Waals surface area contributed by atoms with Crippen molar-refractivity contribution in [1.29, 1.82) is 0 Å². The topological polar surface area (TPSA) is 48.1 Å². The third kappa shape index (κ3) is 4.60. The molecule has 1 unspecified atom stereocenters. The lowest BCUT2D eigenvalue weighted by molar-refractivity contribution is 0.300. The van der Waals surface area contributed by atoms with Crippen LogP contribution >= 0.6 is 23.2 Å². The second-order valence-electron chi connectivity index (χ2n) is 5.12. The Labute approximate surface area is 135 Å². The minimum atomic E-state index is 0.0339. The lowest BCUT2D eigenvalue weighted by Crippen LogP contribution is -2.19. The Hall–Kier alpha value is -1.29. The maximum Gasteiger partial charge on any atom is 0.141 e. The minimum absolute atomic E-state index is 0.0339. The van der Waals surface area contributed by atoms with E-state index in [4.69, 9.17) is 33.7 Å². The van der Waals surface area contributed by atoms with Gasteiger partial charge in [-0.2, -0.15) is 0 Å². The zero-order valence-corrected chi connectivity index (χ0v) is 13.6. The standard InChI is InChI=1S/C16H18Cl2N2O/c1-10(19)7-15-16(6-3-11(2)20-15)21-9-12-4-5-13(17)14(18)8-12/h3-6,8,10H,7,9,19H2,1-2H3. The Kier molecular flexibility index (Phi) is 5.45. The summed E-state index contributed by atoms with van der Waals surface area (Å²) in [6, 6.07) is 9.34. The number of hydrogen-bond acceptors (Lipinski definition) is 3. The molecule has 0 aliphatic carbocycles. The van der Waals surface area contributed by atoms with Crippen LogP contribution in [0.25, 0.3) is 0 Å². The molecule has 0 aliphatic heterocycles. The van der Waals surface area contributed by atoms with Crippen LogP contribution in [-0.4, -0.2) is 11.0 Å². The molecule has 0 saturated carbocycles. The summed E-state index contributed by atoms with van der Waals surface area (Å²) in [5.41, 5.74) is 8.65. The molecular formula is C16H18Cl2N2O. The Morgan fingerprint density at radius 1 is 1.19 bits per heavy atom. The van der Waals surface area contributed by atoms with Gasteiger partial charge in [0.05, 0.1) is 15.7 Å². The molecule has 0 aliphatic rings. The van der Waals surface area contributed by atoms with Crippen molar-refractivity contribution >= 4 is 23.2 Å². The molecule has 0 radical (unpaired) electrons. The molecule has 0 amide bonds. The van der Waals surface area contributed by atoms with Crippen molar-refractivity contribution in [3.63, 3.8) is 0 Å². The predicted molar refractivity (Wildman–Crippen MR) is 87.1 cm³/mol. The highest BCUT2D eigenvalue weighted by Crippen LogP contribution is 2.24. The first-order valence-electron chi connectivity index (χ1n) is 6.74. The van der Waals surface area contributed by atoms with Gasteiger partial charge in [-0.25, -0.2) is 0 Å². The van der Waals surface area contributed by atoms with Crippen LogP contribution in [0.2, 0.25) is 10.0 Å². The van der Waals surface area contributed by atoms with Crippen molar-refractivity contribution in [2.24, 2.45) is 5.73 Å². The molecule has 0 spiro atoms. The van der Waals surface area contributed by atoms with Gasteiger partial charge in [0.25, 0.3) is 0 Å². The van der Waals surface area contributed by atoms with Crippen LogP contribution in [0.3, 0.4) is 0 Å². The summed E-state index contributed by atoms with van der Waals surface area (Å²) in [5.74, 6) is 0.754. The molecule has 2 rings (SSSR count). The number of rotatable bonds is 5. The fraction of sp³-hybridized carbons (Fsp3) is 0.312. The van der Waals surface area contributed by atoms with Crippen LogP contribution in [0.15, 0.2) is 30.3 Å². The number of halogens is 2. The molecule has 1 atom stereocenters. The Bertz CT molecular complexity index is 630. The van der Waals surface area contributed by atoms with E-state index in [1.165, 1.54) is 0 Å². The Morgan fingerprint density at radius 2 is 1.95 bits per heavy atom. The molecule has 2 aromatic rings. The number of aryl methyl sites for hydroxylation is 1. The third-order valence-corrected chi connectivity index (χ3v) is 3.70.